The van der Waals surface area contributed by atoms with E-state index in [9.17, 15) is 0 Å². The molecule has 0 rings (SSSR count). The molecule has 0 saturated heterocycles. The van der Waals surface area contributed by atoms with Crippen molar-refractivity contribution in [2.24, 2.45) is 0 Å². The van der Waals surface area contributed by atoms with E-state index in [-0.39, 0.29) is 0 Å². The zero-order valence-electron chi connectivity index (χ0n) is 5.85. The third kappa shape index (κ3) is 3.88. The van der Waals surface area contributed by atoms with Crippen molar-refractivity contribution < 1.29 is 4.74 Å². The second-order valence-electron chi connectivity index (χ2n) is 1.85. The van der Waals surface area contributed by atoms with Gasteiger partial charge in [0.1, 0.15) is 0 Å². The van der Waals surface area contributed by atoms with Crippen LogP contribution in [0.1, 0.15) is 20.3 Å². The normalized spacial score (nSPS) is 14.9. The highest BCUT2D eigenvalue weighted by molar-refractivity contribution is 4.78. The molecule has 1 unspecified atom stereocenters. The summed E-state index contributed by atoms with van der Waals surface area (Å²) in [4.78, 5) is 0. The van der Waals surface area contributed by atoms with E-state index in [1.807, 2.05) is 13.0 Å². The van der Waals surface area contributed by atoms with Gasteiger partial charge in [-0.2, -0.15) is 0 Å². The molecule has 0 radical (unpaired) electrons. The number of methoxy groups -OCH3 is 1. The summed E-state index contributed by atoms with van der Waals surface area (Å²) in [5.74, 6) is 0. The Morgan fingerprint density at radius 2 is 2.25 bits per heavy atom. The summed E-state index contributed by atoms with van der Waals surface area (Å²) in [5.41, 5.74) is 0. The number of hydrogen-bond donors (Lipinski definition) is 0. The fourth-order valence-corrected chi connectivity index (χ4v) is 0.424. The number of allylic oxidation sites excluding steroid dienone is 1. The molecule has 0 aromatic heterocycles. The predicted molar refractivity (Wildman–Crippen MR) is 35.9 cm³/mol. The lowest BCUT2D eigenvalue weighted by Crippen LogP contribution is -2.01. The van der Waals surface area contributed by atoms with Crippen molar-refractivity contribution in [2.45, 2.75) is 26.4 Å². The maximum atomic E-state index is 5.00. The van der Waals surface area contributed by atoms with Gasteiger partial charge in [0.25, 0.3) is 0 Å². The SMILES string of the molecule is CC=CCC(C)OC. The van der Waals surface area contributed by atoms with Crippen LogP contribution in [0.5, 0.6) is 0 Å². The summed E-state index contributed by atoms with van der Waals surface area (Å²) in [6.45, 7) is 4.07. The molecule has 0 aliphatic rings. The van der Waals surface area contributed by atoms with Gasteiger partial charge in [-0.3, -0.25) is 0 Å². The minimum absolute atomic E-state index is 0.367. The van der Waals surface area contributed by atoms with Crippen LogP contribution >= 0.6 is 0 Å². The van der Waals surface area contributed by atoms with E-state index < -0.39 is 0 Å². The van der Waals surface area contributed by atoms with E-state index in [4.69, 9.17) is 4.74 Å². The van der Waals surface area contributed by atoms with Crippen LogP contribution in [0.15, 0.2) is 12.2 Å². The van der Waals surface area contributed by atoms with Gasteiger partial charge in [0.15, 0.2) is 0 Å². The van der Waals surface area contributed by atoms with Gasteiger partial charge in [0, 0.05) is 7.11 Å². The van der Waals surface area contributed by atoms with E-state index in [1.165, 1.54) is 0 Å². The molecule has 0 fully saturated rings. The second kappa shape index (κ2) is 4.85. The second-order valence-corrected chi connectivity index (χ2v) is 1.85. The van der Waals surface area contributed by atoms with Crippen LogP contribution in [0.25, 0.3) is 0 Å². The molecule has 0 aromatic carbocycles. The molecule has 0 N–H and O–H groups in total. The van der Waals surface area contributed by atoms with E-state index in [0.29, 0.717) is 6.10 Å². The Labute approximate surface area is 51.4 Å². The molecule has 0 aromatic rings. The fourth-order valence-electron chi connectivity index (χ4n) is 0.424. The molecule has 0 heterocycles. The van der Waals surface area contributed by atoms with E-state index in [0.717, 1.165) is 6.42 Å². The largest absolute Gasteiger partial charge is 0.381 e. The van der Waals surface area contributed by atoms with Crippen LogP contribution < -0.4 is 0 Å². The summed E-state index contributed by atoms with van der Waals surface area (Å²) in [6.07, 6.45) is 5.53. The third-order valence-electron chi connectivity index (χ3n) is 1.11. The zero-order valence-corrected chi connectivity index (χ0v) is 5.85. The summed E-state index contributed by atoms with van der Waals surface area (Å²) < 4.78 is 5.00. The first-order chi connectivity index (χ1) is 3.81. The standard InChI is InChI=1S/C7H14O/c1-4-5-6-7(2)8-3/h4-5,7H,6H2,1-3H3. The van der Waals surface area contributed by atoms with E-state index in [2.05, 4.69) is 13.0 Å². The Morgan fingerprint density at radius 3 is 2.62 bits per heavy atom. The molecule has 0 amide bonds. The quantitative estimate of drug-likeness (QED) is 0.510. The topological polar surface area (TPSA) is 9.23 Å². The van der Waals surface area contributed by atoms with Crippen molar-refractivity contribution in [1.82, 2.24) is 0 Å². The highest BCUT2D eigenvalue weighted by Crippen LogP contribution is 1.94. The summed E-state index contributed by atoms with van der Waals surface area (Å²) in [6, 6.07) is 0. The number of ether oxygens (including phenoxy) is 1. The molecule has 0 saturated carbocycles. The van der Waals surface area contributed by atoms with Crippen LogP contribution in [0, 0.1) is 0 Å². The number of hydrogen-bond acceptors (Lipinski definition) is 1. The molecule has 1 atom stereocenters. The van der Waals surface area contributed by atoms with Gasteiger partial charge in [-0.15, -0.1) is 0 Å². The highest BCUT2D eigenvalue weighted by Gasteiger charge is 1.91. The van der Waals surface area contributed by atoms with Gasteiger partial charge in [-0.1, -0.05) is 12.2 Å². The Hall–Kier alpha value is -0.300. The summed E-state index contributed by atoms with van der Waals surface area (Å²) >= 11 is 0. The van der Waals surface area contributed by atoms with Gasteiger partial charge in [0.05, 0.1) is 6.10 Å². The Balaban J connectivity index is 3.10. The molecule has 1 nitrogen and oxygen atoms in total. The van der Waals surface area contributed by atoms with Crippen molar-refractivity contribution in [2.75, 3.05) is 7.11 Å². The summed E-state index contributed by atoms with van der Waals surface area (Å²) in [7, 11) is 1.73. The molecule has 0 aliphatic heterocycles. The van der Waals surface area contributed by atoms with Gasteiger partial charge >= 0.3 is 0 Å². The average Bonchev–Trinajstić information content (AvgIpc) is 1.83. The van der Waals surface area contributed by atoms with E-state index >= 15 is 0 Å². The van der Waals surface area contributed by atoms with Gasteiger partial charge in [0.2, 0.25) is 0 Å². The first-order valence-electron chi connectivity index (χ1n) is 2.95. The van der Waals surface area contributed by atoms with Crippen molar-refractivity contribution in [3.63, 3.8) is 0 Å². The molecule has 48 valence electrons. The van der Waals surface area contributed by atoms with Crippen LogP contribution in [-0.2, 0) is 4.74 Å². The van der Waals surface area contributed by atoms with E-state index in [1.54, 1.807) is 7.11 Å². The fraction of sp³-hybridized carbons (Fsp3) is 0.714. The summed E-state index contributed by atoms with van der Waals surface area (Å²) in [5, 5.41) is 0. The minimum Gasteiger partial charge on any atom is -0.381 e. The molecular weight excluding hydrogens is 100 g/mol. The first kappa shape index (κ1) is 7.70. The Morgan fingerprint density at radius 1 is 1.62 bits per heavy atom. The average molecular weight is 114 g/mol. The van der Waals surface area contributed by atoms with Crippen molar-refractivity contribution in [3.05, 3.63) is 12.2 Å². The van der Waals surface area contributed by atoms with Crippen LogP contribution in [-0.4, -0.2) is 13.2 Å². The van der Waals surface area contributed by atoms with Gasteiger partial charge < -0.3 is 4.74 Å². The lowest BCUT2D eigenvalue weighted by molar-refractivity contribution is 0.121. The molecule has 0 spiro atoms. The van der Waals surface area contributed by atoms with Crippen molar-refractivity contribution in [3.8, 4) is 0 Å². The van der Waals surface area contributed by atoms with Crippen LogP contribution in [0.2, 0.25) is 0 Å². The lowest BCUT2D eigenvalue weighted by atomic mass is 10.3. The molecular formula is C7H14O. The Kier molecular flexibility index (Phi) is 4.67. The van der Waals surface area contributed by atoms with Crippen molar-refractivity contribution >= 4 is 0 Å². The zero-order chi connectivity index (χ0) is 6.41. The monoisotopic (exact) mass is 114 g/mol. The predicted octanol–water partition coefficient (Wildman–Crippen LogP) is 1.99. The van der Waals surface area contributed by atoms with Gasteiger partial charge in [-0.05, 0) is 20.3 Å². The molecule has 0 bridgehead atoms. The smallest absolute Gasteiger partial charge is 0.0577 e. The lowest BCUT2D eigenvalue weighted by Gasteiger charge is -2.03. The van der Waals surface area contributed by atoms with Gasteiger partial charge in [-0.25, -0.2) is 0 Å². The number of rotatable bonds is 3. The maximum Gasteiger partial charge on any atom is 0.0577 e. The minimum atomic E-state index is 0.367. The molecule has 8 heavy (non-hydrogen) atoms. The first-order valence-corrected chi connectivity index (χ1v) is 2.95. The van der Waals surface area contributed by atoms with Crippen LogP contribution in [0.3, 0.4) is 0 Å². The molecule has 0 aliphatic carbocycles. The third-order valence-corrected chi connectivity index (χ3v) is 1.11. The van der Waals surface area contributed by atoms with Crippen LogP contribution in [0.4, 0.5) is 0 Å². The maximum absolute atomic E-state index is 5.00. The Bertz CT molecular complexity index is 66.8. The highest BCUT2D eigenvalue weighted by atomic mass is 16.5. The van der Waals surface area contributed by atoms with Crippen molar-refractivity contribution in [1.29, 1.82) is 0 Å². The molecule has 1 heteroatoms.